The second kappa shape index (κ2) is 12.3. The zero-order valence-corrected chi connectivity index (χ0v) is 30.4. The molecule has 0 unspecified atom stereocenters. The lowest BCUT2D eigenvalue weighted by Crippen LogP contribution is -2.03. The summed E-state index contributed by atoms with van der Waals surface area (Å²) in [6, 6.07) is 62.5. The predicted molar refractivity (Wildman–Crippen MR) is 230 cm³/mol. The molecular formula is C51H30N4O2. The Kier molecular flexibility index (Phi) is 6.83. The van der Waals surface area contributed by atoms with E-state index in [2.05, 4.69) is 120 Å². The van der Waals surface area contributed by atoms with Gasteiger partial charge in [-0.25, -0.2) is 15.0 Å². The molecule has 0 bridgehead atoms. The van der Waals surface area contributed by atoms with Crippen LogP contribution in [-0.2, 0) is 0 Å². The summed E-state index contributed by atoms with van der Waals surface area (Å²) in [7, 11) is 0. The highest BCUT2D eigenvalue weighted by Crippen LogP contribution is 2.44. The van der Waals surface area contributed by atoms with Crippen LogP contribution in [0, 0.1) is 0 Å². The van der Waals surface area contributed by atoms with Gasteiger partial charge in [-0.1, -0.05) is 133 Å². The van der Waals surface area contributed by atoms with Gasteiger partial charge in [-0.05, 0) is 54.1 Å². The summed E-state index contributed by atoms with van der Waals surface area (Å²) >= 11 is 0. The maximum atomic E-state index is 6.95. The molecule has 4 heterocycles. The van der Waals surface area contributed by atoms with Crippen molar-refractivity contribution in [1.29, 1.82) is 0 Å². The van der Waals surface area contributed by atoms with Crippen molar-refractivity contribution in [2.45, 2.75) is 0 Å². The Balaban J connectivity index is 1.09. The molecule has 4 aromatic heterocycles. The second-order valence-electron chi connectivity index (χ2n) is 14.3. The fourth-order valence-corrected chi connectivity index (χ4v) is 8.48. The van der Waals surface area contributed by atoms with Gasteiger partial charge in [-0.2, -0.15) is 0 Å². The Labute approximate surface area is 325 Å². The van der Waals surface area contributed by atoms with E-state index < -0.39 is 0 Å². The highest BCUT2D eigenvalue weighted by Gasteiger charge is 2.23. The number of benzene rings is 8. The second-order valence-corrected chi connectivity index (χ2v) is 14.3. The Hall–Kier alpha value is -7.83. The lowest BCUT2D eigenvalue weighted by Gasteiger charge is -2.14. The fraction of sp³-hybridized carbons (Fsp3) is 0. The third-order valence-electron chi connectivity index (χ3n) is 11.1. The molecule has 12 aromatic rings. The van der Waals surface area contributed by atoms with E-state index in [4.69, 9.17) is 23.8 Å². The summed E-state index contributed by atoms with van der Waals surface area (Å²) in [5.41, 5.74) is 11.3. The Bertz CT molecular complexity index is 3530. The normalized spacial score (nSPS) is 11.9. The molecule has 0 aliphatic heterocycles. The van der Waals surface area contributed by atoms with E-state index in [1.807, 2.05) is 66.7 Å². The third kappa shape index (κ3) is 4.87. The lowest BCUT2D eigenvalue weighted by atomic mass is 10.0. The molecule has 0 radical (unpaired) electrons. The van der Waals surface area contributed by atoms with Crippen LogP contribution >= 0.6 is 0 Å². The van der Waals surface area contributed by atoms with Crippen molar-refractivity contribution in [1.82, 2.24) is 19.5 Å². The molecule has 0 spiro atoms. The van der Waals surface area contributed by atoms with Crippen molar-refractivity contribution in [3.8, 4) is 51.0 Å². The molecule has 6 heteroatoms. The van der Waals surface area contributed by atoms with E-state index in [1.54, 1.807) is 0 Å². The molecule has 12 rings (SSSR count). The molecule has 57 heavy (non-hydrogen) atoms. The molecular weight excluding hydrogens is 701 g/mol. The topological polar surface area (TPSA) is 69.9 Å². The fourth-order valence-electron chi connectivity index (χ4n) is 8.48. The van der Waals surface area contributed by atoms with Crippen LogP contribution in [0.2, 0.25) is 0 Å². The Morgan fingerprint density at radius 1 is 0.351 bits per heavy atom. The SMILES string of the molecule is c1ccc(-c2nc(-c3ccc4c(c3)oc3ccccc34)nc(-c3ccccc3-n3c4ccccc4c4c5oc6c(-c7ccccc7)cccc6c5ccc43)n2)cc1. The molecule has 266 valence electrons. The van der Waals surface area contributed by atoms with Crippen LogP contribution < -0.4 is 0 Å². The van der Waals surface area contributed by atoms with Gasteiger partial charge in [0.1, 0.15) is 22.3 Å². The van der Waals surface area contributed by atoms with Crippen molar-refractivity contribution < 1.29 is 8.83 Å². The molecule has 0 aliphatic carbocycles. The summed E-state index contributed by atoms with van der Waals surface area (Å²) < 4.78 is 15.6. The van der Waals surface area contributed by atoms with Crippen LogP contribution in [0.3, 0.4) is 0 Å². The van der Waals surface area contributed by atoms with Gasteiger partial charge < -0.3 is 13.4 Å². The van der Waals surface area contributed by atoms with Crippen LogP contribution in [0.5, 0.6) is 0 Å². The minimum absolute atomic E-state index is 0.566. The molecule has 0 N–H and O–H groups in total. The maximum Gasteiger partial charge on any atom is 0.166 e. The largest absolute Gasteiger partial charge is 0.456 e. The quantitative estimate of drug-likeness (QED) is 0.176. The number of furan rings is 2. The van der Waals surface area contributed by atoms with E-state index >= 15 is 0 Å². The molecule has 0 aliphatic rings. The van der Waals surface area contributed by atoms with Gasteiger partial charge in [0.25, 0.3) is 0 Å². The first-order valence-corrected chi connectivity index (χ1v) is 19.0. The van der Waals surface area contributed by atoms with Crippen LogP contribution in [0.1, 0.15) is 0 Å². The van der Waals surface area contributed by atoms with E-state index in [9.17, 15) is 0 Å². The standard InChI is InChI=1S/C51H30N4O2/c1-3-14-31(15-4-1)34-21-13-22-37-38-28-29-43-46(48(38)57-47(34)37)39-19-7-10-23-41(39)55(43)42-24-11-8-20-40(42)51-53-49(32-16-5-2-6-17-32)52-50(54-51)33-26-27-36-35-18-9-12-25-44(35)56-45(36)30-33/h1-30H. The highest BCUT2D eigenvalue weighted by molar-refractivity contribution is 6.25. The predicted octanol–water partition coefficient (Wildman–Crippen LogP) is 13.4. The number of fused-ring (bicyclic) bond motifs is 10. The van der Waals surface area contributed by atoms with E-state index in [-0.39, 0.29) is 0 Å². The van der Waals surface area contributed by atoms with Crippen molar-refractivity contribution >= 4 is 65.7 Å². The van der Waals surface area contributed by atoms with E-state index in [0.29, 0.717) is 17.5 Å². The minimum Gasteiger partial charge on any atom is -0.456 e. The zero-order valence-electron chi connectivity index (χ0n) is 30.4. The zero-order chi connectivity index (χ0) is 37.5. The van der Waals surface area contributed by atoms with Crippen LogP contribution in [-0.4, -0.2) is 19.5 Å². The number of rotatable bonds is 5. The highest BCUT2D eigenvalue weighted by atomic mass is 16.3. The molecule has 0 fully saturated rings. The van der Waals surface area contributed by atoms with Gasteiger partial charge in [-0.15, -0.1) is 0 Å². The number of para-hydroxylation sites is 4. The summed E-state index contributed by atoms with van der Waals surface area (Å²) in [6.45, 7) is 0. The smallest absolute Gasteiger partial charge is 0.166 e. The minimum atomic E-state index is 0.566. The van der Waals surface area contributed by atoms with Gasteiger partial charge in [0.05, 0.1) is 22.1 Å². The number of hydrogen-bond donors (Lipinski definition) is 0. The van der Waals surface area contributed by atoms with Gasteiger partial charge in [-0.3, -0.25) is 0 Å². The monoisotopic (exact) mass is 730 g/mol. The Morgan fingerprint density at radius 2 is 0.965 bits per heavy atom. The maximum absolute atomic E-state index is 6.95. The van der Waals surface area contributed by atoms with Crippen LogP contribution in [0.15, 0.2) is 191 Å². The first-order valence-electron chi connectivity index (χ1n) is 19.0. The lowest BCUT2D eigenvalue weighted by molar-refractivity contribution is 0.669. The molecule has 0 amide bonds. The summed E-state index contributed by atoms with van der Waals surface area (Å²) in [5, 5.41) is 6.48. The van der Waals surface area contributed by atoms with Gasteiger partial charge in [0.2, 0.25) is 0 Å². The number of aromatic nitrogens is 4. The van der Waals surface area contributed by atoms with E-state index in [0.717, 1.165) is 99.2 Å². The van der Waals surface area contributed by atoms with Crippen molar-refractivity contribution in [2.24, 2.45) is 0 Å². The van der Waals surface area contributed by atoms with E-state index in [1.165, 1.54) is 0 Å². The van der Waals surface area contributed by atoms with Crippen LogP contribution in [0.25, 0.3) is 117 Å². The molecule has 0 saturated carbocycles. The summed E-state index contributed by atoms with van der Waals surface area (Å²) in [4.78, 5) is 15.4. The van der Waals surface area contributed by atoms with Crippen molar-refractivity contribution in [3.63, 3.8) is 0 Å². The number of hydrogen-bond acceptors (Lipinski definition) is 5. The van der Waals surface area contributed by atoms with Gasteiger partial charge in [0, 0.05) is 49.2 Å². The molecule has 0 atom stereocenters. The number of nitrogens with zero attached hydrogens (tertiary/aromatic N) is 4. The van der Waals surface area contributed by atoms with Crippen LogP contribution in [0.4, 0.5) is 0 Å². The molecule has 0 saturated heterocycles. The first-order chi connectivity index (χ1) is 28.3. The average Bonchev–Trinajstić information content (AvgIpc) is 3.96. The van der Waals surface area contributed by atoms with Gasteiger partial charge >= 0.3 is 0 Å². The van der Waals surface area contributed by atoms with Gasteiger partial charge in [0.15, 0.2) is 17.5 Å². The summed E-state index contributed by atoms with van der Waals surface area (Å²) in [5.74, 6) is 1.73. The average molecular weight is 731 g/mol. The summed E-state index contributed by atoms with van der Waals surface area (Å²) in [6.07, 6.45) is 0. The third-order valence-corrected chi connectivity index (χ3v) is 11.1. The molecule has 8 aromatic carbocycles. The Morgan fingerprint density at radius 3 is 1.82 bits per heavy atom. The molecule has 6 nitrogen and oxygen atoms in total. The van der Waals surface area contributed by atoms with Crippen molar-refractivity contribution in [2.75, 3.05) is 0 Å². The van der Waals surface area contributed by atoms with Crippen molar-refractivity contribution in [3.05, 3.63) is 182 Å². The first kappa shape index (κ1) is 31.5.